The molecule has 0 aliphatic carbocycles. The lowest BCUT2D eigenvalue weighted by molar-refractivity contribution is 0.935. The van der Waals surface area contributed by atoms with Gasteiger partial charge in [-0.15, -0.1) is 0 Å². The highest BCUT2D eigenvalue weighted by Crippen LogP contribution is 1.88. The van der Waals surface area contributed by atoms with Gasteiger partial charge in [0.2, 0.25) is 0 Å². The van der Waals surface area contributed by atoms with E-state index in [4.69, 9.17) is 5.73 Å². The van der Waals surface area contributed by atoms with Crippen LogP contribution in [0.15, 0.2) is 12.5 Å². The van der Waals surface area contributed by atoms with Gasteiger partial charge in [0, 0.05) is 18.3 Å². The number of aromatic amines is 1. The largest absolute Gasteiger partial charge is 0.348 e. The summed E-state index contributed by atoms with van der Waals surface area (Å²) in [7, 11) is 0. The number of hydrogen-bond acceptors (Lipinski definition) is 2. The molecule has 0 spiro atoms. The molecule has 44 valence electrons. The van der Waals surface area contributed by atoms with Crippen LogP contribution in [0.4, 0.5) is 0 Å². The number of H-pyrrole nitrogens is 1. The van der Waals surface area contributed by atoms with E-state index >= 15 is 0 Å². The van der Waals surface area contributed by atoms with Crippen LogP contribution in [-0.4, -0.2) is 16.5 Å². The molecule has 0 radical (unpaired) electrons. The first-order valence-corrected chi connectivity index (χ1v) is 2.61. The van der Waals surface area contributed by atoms with Crippen molar-refractivity contribution in [2.75, 3.05) is 6.54 Å². The second kappa shape index (κ2) is 2.47. The number of rotatable bonds is 2. The molecule has 3 nitrogen and oxygen atoms in total. The summed E-state index contributed by atoms with van der Waals surface area (Å²) in [6, 6.07) is 0. The van der Waals surface area contributed by atoms with Crippen LogP contribution in [0.5, 0.6) is 0 Å². The molecule has 0 bridgehead atoms. The minimum Gasteiger partial charge on any atom is -0.348 e. The first-order chi connectivity index (χ1) is 3.93. The predicted molar refractivity (Wildman–Crippen MR) is 31.3 cm³/mol. The molecular formula is C5H9N3. The van der Waals surface area contributed by atoms with Crippen molar-refractivity contribution in [1.82, 2.24) is 9.97 Å². The lowest BCUT2D eigenvalue weighted by atomic mass is 10.4. The van der Waals surface area contributed by atoms with Crippen molar-refractivity contribution in [3.63, 3.8) is 0 Å². The van der Waals surface area contributed by atoms with Gasteiger partial charge in [-0.25, -0.2) is 4.98 Å². The molecule has 1 aromatic rings. The summed E-state index contributed by atoms with van der Waals surface area (Å²) in [5, 5.41) is 0. The minimum absolute atomic E-state index is 0.683. The van der Waals surface area contributed by atoms with Crippen molar-refractivity contribution >= 4 is 0 Å². The van der Waals surface area contributed by atoms with Crippen molar-refractivity contribution in [1.29, 1.82) is 0 Å². The highest BCUT2D eigenvalue weighted by molar-refractivity contribution is 4.93. The van der Waals surface area contributed by atoms with Crippen LogP contribution < -0.4 is 5.73 Å². The Labute approximate surface area is 47.9 Å². The van der Waals surface area contributed by atoms with E-state index in [9.17, 15) is 0 Å². The Balaban J connectivity index is 2.50. The average molecular weight is 114 g/mol. The molecule has 1 rings (SSSR count). The molecule has 0 atom stereocenters. The maximum atomic E-state index is 5.27. The lowest BCUT2D eigenvalue weighted by Crippen LogP contribution is -2.02. The van der Waals surface area contributed by atoms with E-state index in [1.165, 1.54) is 0 Å². The standard InChI is InChI=1S/C5H9N3/c6-2-1-5-3-7-4-8-5/h3-4H,1-2,6H2,(H,7,8)/i6+1,7+1,8+1. The summed E-state index contributed by atoms with van der Waals surface area (Å²) in [6.45, 7) is 0.683. The molecule has 0 aliphatic heterocycles. The molecule has 8 heavy (non-hydrogen) atoms. The van der Waals surface area contributed by atoms with Gasteiger partial charge in [0.25, 0.3) is 0 Å². The predicted octanol–water partition coefficient (Wildman–Crippen LogP) is -0.0891. The smallest absolute Gasteiger partial charge is 0.0921 e. The number of nitrogens with one attached hydrogen (secondary N) is 1. The highest BCUT2D eigenvalue weighted by atomic mass is 15.6. The van der Waals surface area contributed by atoms with E-state index in [0.29, 0.717) is 6.54 Å². The van der Waals surface area contributed by atoms with Crippen LogP contribution in [-0.2, 0) is 6.42 Å². The van der Waals surface area contributed by atoms with E-state index in [0.717, 1.165) is 12.1 Å². The zero-order valence-electron chi connectivity index (χ0n) is 4.59. The van der Waals surface area contributed by atoms with E-state index in [-0.39, 0.29) is 0 Å². The molecule has 1 heterocycles. The maximum absolute atomic E-state index is 5.27. The summed E-state index contributed by atoms with van der Waals surface area (Å²) >= 11 is 0. The van der Waals surface area contributed by atoms with Crippen LogP contribution in [0.1, 0.15) is 5.69 Å². The SMILES string of the molecule is [15NH2]CCc1c[15n]c[15nH]1. The summed E-state index contributed by atoms with van der Waals surface area (Å²) in [4.78, 5) is 6.78. The second-order valence-electron chi connectivity index (χ2n) is 1.62. The summed E-state index contributed by atoms with van der Waals surface area (Å²) in [5.74, 6) is 0. The van der Waals surface area contributed by atoms with Crippen molar-refractivity contribution in [3.05, 3.63) is 18.2 Å². The van der Waals surface area contributed by atoms with Gasteiger partial charge in [-0.1, -0.05) is 0 Å². The molecule has 1 aromatic heterocycles. The van der Waals surface area contributed by atoms with Gasteiger partial charge in [-0.2, -0.15) is 0 Å². The number of nitrogens with two attached hydrogens (primary N) is 1. The monoisotopic (exact) mass is 114 g/mol. The summed E-state index contributed by atoms with van der Waals surface area (Å²) in [5.41, 5.74) is 6.38. The van der Waals surface area contributed by atoms with Crippen LogP contribution in [0, 0.1) is 0 Å². The Bertz CT molecular complexity index is 133. The van der Waals surface area contributed by atoms with Gasteiger partial charge < -0.3 is 10.7 Å². The molecule has 0 unspecified atom stereocenters. The Hall–Kier alpha value is -0.830. The molecule has 0 fully saturated rings. The second-order valence-corrected chi connectivity index (χ2v) is 1.62. The normalized spacial score (nSPS) is 9.62. The molecular weight excluding hydrogens is 105 g/mol. The van der Waals surface area contributed by atoms with Crippen molar-refractivity contribution in [2.24, 2.45) is 5.73 Å². The maximum Gasteiger partial charge on any atom is 0.0921 e. The zero-order chi connectivity index (χ0) is 5.82. The molecule has 3 heteroatoms. The van der Waals surface area contributed by atoms with E-state index in [1.54, 1.807) is 12.5 Å². The topological polar surface area (TPSA) is 54.7 Å². The van der Waals surface area contributed by atoms with Crippen LogP contribution in [0.3, 0.4) is 0 Å². The first kappa shape index (κ1) is 5.31. The summed E-state index contributed by atoms with van der Waals surface area (Å²) in [6.07, 6.45) is 4.33. The number of nitrogens with zero attached hydrogens (tertiary/aromatic N) is 1. The fraction of sp³-hybridized carbons (Fsp3) is 0.400. The van der Waals surface area contributed by atoms with Crippen molar-refractivity contribution in [3.8, 4) is 0 Å². The lowest BCUT2D eigenvalue weighted by Gasteiger charge is -1.86. The number of hydrogen-bond donors (Lipinski definition) is 2. The molecule has 3 N–H and O–H groups in total. The molecule has 0 aromatic carbocycles. The third-order valence-electron chi connectivity index (χ3n) is 0.969. The van der Waals surface area contributed by atoms with Gasteiger partial charge in [-0.05, 0) is 6.54 Å². The Morgan fingerprint density at radius 2 is 2.62 bits per heavy atom. The Kier molecular flexibility index (Phi) is 1.64. The van der Waals surface area contributed by atoms with Crippen molar-refractivity contribution in [2.45, 2.75) is 6.42 Å². The third-order valence-corrected chi connectivity index (χ3v) is 0.969. The minimum atomic E-state index is 0.683. The third kappa shape index (κ3) is 1.07. The van der Waals surface area contributed by atoms with E-state index in [2.05, 4.69) is 9.97 Å². The Morgan fingerprint density at radius 1 is 1.75 bits per heavy atom. The van der Waals surface area contributed by atoms with Gasteiger partial charge in [0.15, 0.2) is 0 Å². The Morgan fingerprint density at radius 3 is 3.12 bits per heavy atom. The molecule has 0 aliphatic rings. The molecule has 0 saturated heterocycles. The first-order valence-electron chi connectivity index (χ1n) is 2.61. The quantitative estimate of drug-likeness (QED) is 0.528. The molecule has 0 amide bonds. The number of aromatic nitrogens is 2. The fourth-order valence-electron chi connectivity index (χ4n) is 0.577. The zero-order valence-corrected chi connectivity index (χ0v) is 4.59. The van der Waals surface area contributed by atoms with Crippen LogP contribution in [0.25, 0.3) is 0 Å². The van der Waals surface area contributed by atoms with Gasteiger partial charge in [0.05, 0.1) is 6.33 Å². The van der Waals surface area contributed by atoms with Gasteiger partial charge in [-0.3, -0.25) is 0 Å². The highest BCUT2D eigenvalue weighted by Gasteiger charge is 1.86. The van der Waals surface area contributed by atoms with Crippen molar-refractivity contribution < 1.29 is 0 Å². The van der Waals surface area contributed by atoms with Gasteiger partial charge >= 0.3 is 0 Å². The summed E-state index contributed by atoms with van der Waals surface area (Å²) < 4.78 is 0. The van der Waals surface area contributed by atoms with Crippen LogP contribution >= 0.6 is 0 Å². The average Bonchev–Trinajstić information content (AvgIpc) is 2.19. The van der Waals surface area contributed by atoms with Crippen LogP contribution in [0.2, 0.25) is 0 Å². The van der Waals surface area contributed by atoms with E-state index < -0.39 is 0 Å². The fourth-order valence-corrected chi connectivity index (χ4v) is 0.577. The number of imidazole rings is 1. The van der Waals surface area contributed by atoms with E-state index in [1.807, 2.05) is 0 Å². The van der Waals surface area contributed by atoms with Gasteiger partial charge in [0.1, 0.15) is 0 Å². The molecule has 0 saturated carbocycles.